The number of hydrogen-bond acceptors (Lipinski definition) is 5. The molecule has 1 heterocycles. The lowest BCUT2D eigenvalue weighted by molar-refractivity contribution is -0.0504. The third-order valence-electron chi connectivity index (χ3n) is 3.88. The third-order valence-corrected chi connectivity index (χ3v) is 4.73. The number of rotatable bonds is 7. The number of halogens is 2. The maximum atomic E-state index is 12.6. The van der Waals surface area contributed by atoms with Gasteiger partial charge in [0.05, 0.1) is 19.3 Å². The number of nitrogens with zero attached hydrogens (tertiary/aromatic N) is 2. The Balaban J connectivity index is 1.99. The van der Waals surface area contributed by atoms with E-state index in [-0.39, 0.29) is 17.7 Å². The van der Waals surface area contributed by atoms with Gasteiger partial charge < -0.3 is 20.1 Å². The molecule has 2 rings (SSSR count). The summed E-state index contributed by atoms with van der Waals surface area (Å²) in [5.41, 5.74) is 1.58. The number of hydrogen-bond donors (Lipinski definition) is 2. The number of aliphatic imine (C=N–C) groups is 1. The molecule has 0 unspecified atom stereocenters. The predicted octanol–water partition coefficient (Wildman–Crippen LogP) is 3.92. The topological polar surface area (TPSA) is 67.8 Å². The fraction of sp³-hybridized carbons (Fsp3) is 0.474. The normalized spacial score (nSPS) is 12.2. The van der Waals surface area contributed by atoms with Crippen LogP contribution in [0.15, 0.2) is 28.6 Å². The van der Waals surface area contributed by atoms with Crippen molar-refractivity contribution >= 4 is 17.3 Å². The van der Waals surface area contributed by atoms with E-state index < -0.39 is 6.61 Å². The van der Waals surface area contributed by atoms with E-state index in [1.165, 1.54) is 13.2 Å². The number of thiazole rings is 1. The zero-order chi connectivity index (χ0) is 20.7. The molecule has 0 fully saturated rings. The molecular weight excluding hydrogens is 386 g/mol. The van der Waals surface area contributed by atoms with Gasteiger partial charge in [0.2, 0.25) is 0 Å². The summed E-state index contributed by atoms with van der Waals surface area (Å²) >= 11 is 1.58. The molecule has 1 aromatic heterocycles. The smallest absolute Gasteiger partial charge is 0.387 e. The van der Waals surface area contributed by atoms with Crippen LogP contribution in [0.5, 0.6) is 11.5 Å². The molecule has 2 aromatic rings. The van der Waals surface area contributed by atoms with Gasteiger partial charge in [-0.25, -0.2) is 4.98 Å². The first-order chi connectivity index (χ1) is 13.2. The third kappa shape index (κ3) is 6.33. The largest absolute Gasteiger partial charge is 0.497 e. The standard InChI is InChI=1S/C19H26F2N4O2S/c1-19(2,3)15-11-28-16(25-15)10-24-18(22-4)23-9-12-8-13(26-5)6-7-14(12)27-17(20)21/h6-8,11,17H,9-10H2,1-5H3,(H2,22,23,24). The van der Waals surface area contributed by atoms with Gasteiger partial charge in [0.25, 0.3) is 0 Å². The summed E-state index contributed by atoms with van der Waals surface area (Å²) in [7, 11) is 3.15. The van der Waals surface area contributed by atoms with Crippen LogP contribution in [-0.2, 0) is 18.5 Å². The number of nitrogens with one attached hydrogen (secondary N) is 2. The van der Waals surface area contributed by atoms with Gasteiger partial charge in [0.15, 0.2) is 5.96 Å². The van der Waals surface area contributed by atoms with Crippen LogP contribution in [0, 0.1) is 0 Å². The van der Waals surface area contributed by atoms with Crippen molar-refractivity contribution in [1.82, 2.24) is 15.6 Å². The number of alkyl halides is 2. The Morgan fingerprint density at radius 2 is 1.96 bits per heavy atom. The monoisotopic (exact) mass is 412 g/mol. The highest BCUT2D eigenvalue weighted by Gasteiger charge is 2.17. The van der Waals surface area contributed by atoms with Crippen LogP contribution in [0.3, 0.4) is 0 Å². The van der Waals surface area contributed by atoms with E-state index in [9.17, 15) is 8.78 Å². The van der Waals surface area contributed by atoms with E-state index in [0.29, 0.717) is 23.8 Å². The highest BCUT2D eigenvalue weighted by atomic mass is 32.1. The molecule has 0 saturated heterocycles. The molecule has 0 aliphatic carbocycles. The van der Waals surface area contributed by atoms with Crippen molar-refractivity contribution in [2.24, 2.45) is 4.99 Å². The van der Waals surface area contributed by atoms with Gasteiger partial charge in [-0.3, -0.25) is 4.99 Å². The van der Waals surface area contributed by atoms with Gasteiger partial charge in [-0.05, 0) is 18.2 Å². The lowest BCUT2D eigenvalue weighted by Crippen LogP contribution is -2.36. The van der Waals surface area contributed by atoms with Crippen molar-refractivity contribution in [3.05, 3.63) is 39.8 Å². The van der Waals surface area contributed by atoms with Crippen LogP contribution in [0.2, 0.25) is 0 Å². The average Bonchev–Trinajstić information content (AvgIpc) is 3.12. The second kappa shape index (κ2) is 9.68. The summed E-state index contributed by atoms with van der Waals surface area (Å²) < 4.78 is 35.0. The van der Waals surface area contributed by atoms with E-state index in [0.717, 1.165) is 10.7 Å². The maximum Gasteiger partial charge on any atom is 0.387 e. The highest BCUT2D eigenvalue weighted by molar-refractivity contribution is 7.09. The quantitative estimate of drug-likeness (QED) is 0.533. The number of benzene rings is 1. The molecular formula is C19H26F2N4O2S. The molecule has 0 amide bonds. The number of ether oxygens (including phenoxy) is 2. The lowest BCUT2D eigenvalue weighted by Gasteiger charge is -2.15. The summed E-state index contributed by atoms with van der Waals surface area (Å²) in [6.07, 6.45) is 0. The molecule has 9 heteroatoms. The van der Waals surface area contributed by atoms with Crippen molar-refractivity contribution < 1.29 is 18.3 Å². The molecule has 0 saturated carbocycles. The van der Waals surface area contributed by atoms with E-state index in [1.54, 1.807) is 30.5 Å². The Labute approximate surface area is 168 Å². The van der Waals surface area contributed by atoms with E-state index in [4.69, 9.17) is 4.74 Å². The van der Waals surface area contributed by atoms with Gasteiger partial charge in [0.1, 0.15) is 16.5 Å². The van der Waals surface area contributed by atoms with Crippen molar-refractivity contribution in [3.8, 4) is 11.5 Å². The molecule has 0 aliphatic heterocycles. The number of aromatic nitrogens is 1. The number of methoxy groups -OCH3 is 1. The van der Waals surface area contributed by atoms with Crippen molar-refractivity contribution in [1.29, 1.82) is 0 Å². The summed E-state index contributed by atoms with van der Waals surface area (Å²) in [4.78, 5) is 8.79. The first-order valence-corrected chi connectivity index (χ1v) is 9.62. The zero-order valence-corrected chi connectivity index (χ0v) is 17.5. The minimum absolute atomic E-state index is 0.00213. The Morgan fingerprint density at radius 3 is 2.54 bits per heavy atom. The van der Waals surface area contributed by atoms with Crippen molar-refractivity contribution in [3.63, 3.8) is 0 Å². The predicted molar refractivity (Wildman–Crippen MR) is 107 cm³/mol. The molecule has 0 atom stereocenters. The molecule has 0 aliphatic rings. The fourth-order valence-electron chi connectivity index (χ4n) is 2.33. The minimum Gasteiger partial charge on any atom is -0.497 e. The Bertz CT molecular complexity index is 803. The first kappa shape index (κ1) is 21.9. The van der Waals surface area contributed by atoms with E-state index in [2.05, 4.69) is 51.5 Å². The van der Waals surface area contributed by atoms with Gasteiger partial charge in [-0.1, -0.05) is 20.8 Å². The maximum absolute atomic E-state index is 12.6. The van der Waals surface area contributed by atoms with Gasteiger partial charge >= 0.3 is 6.61 Å². The summed E-state index contributed by atoms with van der Waals surface area (Å²) in [6.45, 7) is 4.21. The first-order valence-electron chi connectivity index (χ1n) is 8.74. The average molecular weight is 413 g/mol. The lowest BCUT2D eigenvalue weighted by atomic mass is 9.93. The summed E-state index contributed by atoms with van der Waals surface area (Å²) in [5, 5.41) is 9.26. The second-order valence-corrected chi connectivity index (χ2v) is 7.95. The van der Waals surface area contributed by atoms with Crippen LogP contribution >= 0.6 is 11.3 Å². The van der Waals surface area contributed by atoms with Crippen LogP contribution in [0.25, 0.3) is 0 Å². The zero-order valence-electron chi connectivity index (χ0n) is 16.7. The Kier molecular flexibility index (Phi) is 7.56. The molecule has 0 radical (unpaired) electrons. The Morgan fingerprint density at radius 1 is 1.25 bits per heavy atom. The summed E-state index contributed by atoms with van der Waals surface area (Å²) in [5.74, 6) is 1.17. The highest BCUT2D eigenvalue weighted by Crippen LogP contribution is 2.26. The second-order valence-electron chi connectivity index (χ2n) is 7.01. The molecule has 0 bridgehead atoms. The Hall–Kier alpha value is -2.42. The van der Waals surface area contributed by atoms with Gasteiger partial charge in [-0.15, -0.1) is 11.3 Å². The fourth-order valence-corrected chi connectivity index (χ4v) is 3.29. The molecule has 1 aromatic carbocycles. The summed E-state index contributed by atoms with van der Waals surface area (Å²) in [6, 6.07) is 4.68. The van der Waals surface area contributed by atoms with Crippen LogP contribution in [0.1, 0.15) is 37.0 Å². The van der Waals surface area contributed by atoms with E-state index in [1.807, 2.05) is 0 Å². The molecule has 154 valence electrons. The molecule has 0 spiro atoms. The van der Waals surface area contributed by atoms with Crippen molar-refractivity contribution in [2.45, 2.75) is 45.9 Å². The molecule has 2 N–H and O–H groups in total. The van der Waals surface area contributed by atoms with Gasteiger partial charge in [-0.2, -0.15) is 8.78 Å². The van der Waals surface area contributed by atoms with E-state index >= 15 is 0 Å². The number of guanidine groups is 1. The minimum atomic E-state index is -2.90. The van der Waals surface area contributed by atoms with Crippen molar-refractivity contribution in [2.75, 3.05) is 14.2 Å². The van der Waals surface area contributed by atoms with Crippen LogP contribution < -0.4 is 20.1 Å². The molecule has 28 heavy (non-hydrogen) atoms. The van der Waals surface area contributed by atoms with Crippen LogP contribution in [0.4, 0.5) is 8.78 Å². The van der Waals surface area contributed by atoms with Crippen LogP contribution in [-0.4, -0.2) is 31.7 Å². The molecule has 6 nitrogen and oxygen atoms in total. The van der Waals surface area contributed by atoms with Gasteiger partial charge in [0, 0.05) is 30.0 Å². The SMILES string of the molecule is CN=C(NCc1nc(C(C)(C)C)cs1)NCc1cc(OC)ccc1OC(F)F.